The molecule has 0 fully saturated rings. The fourth-order valence-electron chi connectivity index (χ4n) is 3.80. The van der Waals surface area contributed by atoms with Gasteiger partial charge in [0.1, 0.15) is 11.5 Å². The summed E-state index contributed by atoms with van der Waals surface area (Å²) in [6.45, 7) is 0. The number of hydrogen-bond donors (Lipinski definition) is 0. The van der Waals surface area contributed by atoms with Crippen LogP contribution in [0.25, 0.3) is 0 Å². The Hall–Kier alpha value is -3.50. The minimum Gasteiger partial charge on any atom is -0.465 e. The molecule has 1 aliphatic heterocycles. The second kappa shape index (κ2) is 8.32. The van der Waals surface area contributed by atoms with Crippen molar-refractivity contribution in [2.24, 2.45) is 0 Å². The van der Waals surface area contributed by atoms with Crippen LogP contribution in [0.1, 0.15) is 21.5 Å². The van der Waals surface area contributed by atoms with Gasteiger partial charge in [0.2, 0.25) is 0 Å². The molecule has 0 saturated carbocycles. The lowest BCUT2D eigenvalue weighted by Gasteiger charge is -2.20. The van der Waals surface area contributed by atoms with Gasteiger partial charge in [-0.15, -0.1) is 0 Å². The molecule has 0 spiro atoms. The van der Waals surface area contributed by atoms with Crippen molar-refractivity contribution in [1.82, 2.24) is 0 Å². The first-order valence-electron chi connectivity index (χ1n) is 10.1. The molecular weight excluding hydrogens is 404 g/mol. The molecule has 0 radical (unpaired) electrons. The van der Waals surface area contributed by atoms with E-state index >= 15 is 0 Å². The van der Waals surface area contributed by atoms with Gasteiger partial charge in [-0.3, -0.25) is 0 Å². The smallest absolute Gasteiger partial charge is 0.337 e. The number of rotatable bonds is 4. The normalized spacial score (nSPS) is 12.8. The van der Waals surface area contributed by atoms with E-state index in [2.05, 4.69) is 54.6 Å². The minimum absolute atomic E-state index is 0.302. The van der Waals surface area contributed by atoms with Crippen molar-refractivity contribution in [1.29, 1.82) is 0 Å². The van der Waals surface area contributed by atoms with Gasteiger partial charge in [0.15, 0.2) is 14.7 Å². The van der Waals surface area contributed by atoms with E-state index in [1.54, 1.807) is 0 Å². The minimum atomic E-state index is -0.323. The first kappa shape index (κ1) is 19.5. The highest BCUT2D eigenvalue weighted by atomic mass is 32.2. The van der Waals surface area contributed by atoms with Crippen LogP contribution >= 0.6 is 0 Å². The first-order valence-corrected chi connectivity index (χ1v) is 11.3. The molecule has 0 saturated heterocycles. The maximum Gasteiger partial charge on any atom is 0.337 e. The highest BCUT2D eigenvalue weighted by Gasteiger charge is 2.30. The average molecular weight is 426 g/mol. The summed E-state index contributed by atoms with van der Waals surface area (Å²) in [4.78, 5) is 15.5. The molecular formula is C27H21O3S+. The van der Waals surface area contributed by atoms with Gasteiger partial charge in [0, 0.05) is 18.1 Å². The summed E-state index contributed by atoms with van der Waals surface area (Å²) in [5, 5.41) is 0. The fourth-order valence-corrected chi connectivity index (χ4v) is 5.92. The van der Waals surface area contributed by atoms with Crippen molar-refractivity contribution in [3.8, 4) is 11.5 Å². The number of ether oxygens (including phenoxy) is 2. The van der Waals surface area contributed by atoms with Crippen molar-refractivity contribution in [2.45, 2.75) is 21.1 Å². The van der Waals surface area contributed by atoms with E-state index in [1.165, 1.54) is 28.0 Å². The highest BCUT2D eigenvalue weighted by molar-refractivity contribution is 7.97. The van der Waals surface area contributed by atoms with Crippen LogP contribution in [0.2, 0.25) is 0 Å². The van der Waals surface area contributed by atoms with Gasteiger partial charge in [-0.25, -0.2) is 4.79 Å². The zero-order valence-electron chi connectivity index (χ0n) is 17.1. The van der Waals surface area contributed by atoms with E-state index in [-0.39, 0.29) is 16.9 Å². The van der Waals surface area contributed by atoms with E-state index < -0.39 is 0 Å². The van der Waals surface area contributed by atoms with Crippen molar-refractivity contribution in [3.63, 3.8) is 0 Å². The molecule has 4 aromatic carbocycles. The summed E-state index contributed by atoms with van der Waals surface area (Å²) >= 11 is 0. The topological polar surface area (TPSA) is 35.5 Å². The molecule has 0 bridgehead atoms. The summed E-state index contributed by atoms with van der Waals surface area (Å²) in [7, 11) is 1.10. The second-order valence-electron chi connectivity index (χ2n) is 7.29. The maximum atomic E-state index is 11.9. The molecule has 0 aliphatic carbocycles. The Bertz CT molecular complexity index is 1230. The number of benzene rings is 4. The predicted molar refractivity (Wildman–Crippen MR) is 122 cm³/mol. The van der Waals surface area contributed by atoms with E-state index in [0.29, 0.717) is 5.56 Å². The van der Waals surface area contributed by atoms with Crippen LogP contribution < -0.4 is 4.74 Å². The zero-order chi connectivity index (χ0) is 21.2. The molecule has 4 heteroatoms. The molecule has 0 amide bonds. The van der Waals surface area contributed by atoms with Gasteiger partial charge in [-0.2, -0.15) is 0 Å². The van der Waals surface area contributed by atoms with Crippen molar-refractivity contribution in [2.75, 3.05) is 7.11 Å². The molecule has 152 valence electrons. The number of para-hydroxylation sites is 1. The molecule has 0 aromatic heterocycles. The monoisotopic (exact) mass is 425 g/mol. The van der Waals surface area contributed by atoms with E-state index in [9.17, 15) is 4.79 Å². The zero-order valence-corrected chi connectivity index (χ0v) is 17.9. The molecule has 1 aliphatic rings. The van der Waals surface area contributed by atoms with Crippen LogP contribution in [-0.2, 0) is 22.1 Å². The number of fused-ring (bicyclic) bond motifs is 2. The third-order valence-electron chi connectivity index (χ3n) is 5.33. The number of esters is 1. The standard InChI is InChI=1S/C27H21O3S/c1-29-27(28)19-11-13-23(14-12-19)31(22-8-3-2-4-9-22)24-15-16-26-21(18-24)17-20-7-5-6-10-25(20)30-26/h2-16,18H,17H2,1H3/q+1. The summed E-state index contributed by atoms with van der Waals surface area (Å²) in [5.74, 6) is 1.53. The SMILES string of the molecule is COC(=O)c1ccc([S+](c2ccccc2)c2ccc3c(c2)Cc2ccccc2O3)cc1. The lowest BCUT2D eigenvalue weighted by molar-refractivity contribution is 0.0600. The van der Waals surface area contributed by atoms with Crippen molar-refractivity contribution in [3.05, 3.63) is 114 Å². The number of methoxy groups -OCH3 is 1. The fraction of sp³-hybridized carbons (Fsp3) is 0.0741. The molecule has 4 aromatic rings. The summed E-state index contributed by atoms with van der Waals surface area (Å²) in [5.41, 5.74) is 2.95. The lowest BCUT2D eigenvalue weighted by Crippen LogP contribution is -2.09. The maximum absolute atomic E-state index is 11.9. The van der Waals surface area contributed by atoms with Crippen molar-refractivity contribution >= 4 is 16.9 Å². The first-order chi connectivity index (χ1) is 15.2. The van der Waals surface area contributed by atoms with Crippen LogP contribution in [0, 0.1) is 0 Å². The lowest BCUT2D eigenvalue weighted by atomic mass is 10.0. The molecule has 3 nitrogen and oxygen atoms in total. The molecule has 31 heavy (non-hydrogen) atoms. The Labute approximate surface area is 184 Å². The summed E-state index contributed by atoms with van der Waals surface area (Å²) in [6, 6.07) is 32.9. The van der Waals surface area contributed by atoms with Gasteiger partial charge in [0.05, 0.1) is 23.6 Å². The van der Waals surface area contributed by atoms with Gasteiger partial charge in [-0.05, 0) is 60.2 Å². The van der Waals surface area contributed by atoms with E-state index in [4.69, 9.17) is 9.47 Å². The quantitative estimate of drug-likeness (QED) is 0.252. The van der Waals surface area contributed by atoms with Crippen LogP contribution in [0.4, 0.5) is 0 Å². The largest absolute Gasteiger partial charge is 0.465 e. The van der Waals surface area contributed by atoms with Crippen molar-refractivity contribution < 1.29 is 14.3 Å². The summed E-state index contributed by atoms with van der Waals surface area (Å²) in [6.07, 6.45) is 0.854. The molecule has 1 heterocycles. The molecule has 1 atom stereocenters. The molecule has 0 N–H and O–H groups in total. The molecule has 1 unspecified atom stereocenters. The Morgan fingerprint density at radius 1 is 0.742 bits per heavy atom. The number of hydrogen-bond acceptors (Lipinski definition) is 3. The van der Waals surface area contributed by atoms with Gasteiger partial charge < -0.3 is 9.47 Å². The Morgan fingerprint density at radius 2 is 1.39 bits per heavy atom. The van der Waals surface area contributed by atoms with Gasteiger partial charge >= 0.3 is 5.97 Å². The third-order valence-corrected chi connectivity index (χ3v) is 7.54. The third kappa shape index (κ3) is 3.82. The average Bonchev–Trinajstić information content (AvgIpc) is 2.83. The highest BCUT2D eigenvalue weighted by Crippen LogP contribution is 2.39. The summed E-state index contributed by atoms with van der Waals surface area (Å²) < 4.78 is 11.0. The van der Waals surface area contributed by atoms with E-state index in [1.807, 2.05) is 42.5 Å². The Balaban J connectivity index is 1.56. The Kier molecular flexibility index (Phi) is 5.23. The van der Waals surface area contributed by atoms with Crippen LogP contribution in [0.3, 0.4) is 0 Å². The van der Waals surface area contributed by atoms with Crippen LogP contribution in [0.5, 0.6) is 11.5 Å². The van der Waals surface area contributed by atoms with Crippen LogP contribution in [-0.4, -0.2) is 13.1 Å². The second-order valence-corrected chi connectivity index (χ2v) is 9.32. The predicted octanol–water partition coefficient (Wildman–Crippen LogP) is 6.27. The van der Waals surface area contributed by atoms with Gasteiger partial charge in [0.25, 0.3) is 0 Å². The van der Waals surface area contributed by atoms with Gasteiger partial charge in [-0.1, -0.05) is 36.4 Å². The van der Waals surface area contributed by atoms with E-state index in [0.717, 1.165) is 22.8 Å². The number of carbonyl (C=O) groups excluding carboxylic acids is 1. The van der Waals surface area contributed by atoms with Crippen LogP contribution in [0.15, 0.2) is 112 Å². The molecule has 5 rings (SSSR count). The Morgan fingerprint density at radius 3 is 2.16 bits per heavy atom. The number of carbonyl (C=O) groups is 1.